The van der Waals surface area contributed by atoms with Crippen molar-refractivity contribution in [2.75, 3.05) is 7.11 Å². The van der Waals surface area contributed by atoms with Gasteiger partial charge in [0.2, 0.25) is 0 Å². The number of imidazole rings is 1. The van der Waals surface area contributed by atoms with Crippen LogP contribution in [0.15, 0.2) is 17.2 Å². The third-order valence-corrected chi connectivity index (χ3v) is 1.54. The lowest BCUT2D eigenvalue weighted by Gasteiger charge is -1.97. The second-order valence-corrected chi connectivity index (χ2v) is 2.40. The van der Waals surface area contributed by atoms with E-state index in [0.717, 1.165) is 0 Å². The minimum Gasteiger partial charge on any atom is -0.468 e. The summed E-state index contributed by atoms with van der Waals surface area (Å²) in [5, 5.41) is 0. The van der Waals surface area contributed by atoms with Crippen molar-refractivity contribution in [1.29, 1.82) is 0 Å². The lowest BCUT2D eigenvalue weighted by molar-refractivity contribution is -0.141. The number of nitrogens with zero attached hydrogens (tertiary/aromatic N) is 2. The second-order valence-electron chi connectivity index (χ2n) is 2.40. The molecule has 0 atom stereocenters. The van der Waals surface area contributed by atoms with E-state index in [9.17, 15) is 9.59 Å². The van der Waals surface area contributed by atoms with Crippen LogP contribution in [0.25, 0.3) is 0 Å². The van der Waals surface area contributed by atoms with Crippen molar-refractivity contribution in [2.45, 2.75) is 6.54 Å². The van der Waals surface area contributed by atoms with Crippen molar-refractivity contribution >= 4 is 5.97 Å². The highest BCUT2D eigenvalue weighted by Gasteiger charge is 2.04. The van der Waals surface area contributed by atoms with Crippen molar-refractivity contribution in [3.63, 3.8) is 0 Å². The van der Waals surface area contributed by atoms with E-state index < -0.39 is 5.97 Å². The Morgan fingerprint density at radius 1 is 1.58 bits per heavy atom. The van der Waals surface area contributed by atoms with E-state index in [1.165, 1.54) is 16.2 Å². The molecule has 0 aliphatic rings. The van der Waals surface area contributed by atoms with Crippen molar-refractivity contribution in [1.82, 2.24) is 9.13 Å². The average Bonchev–Trinajstić information content (AvgIpc) is 2.36. The highest BCUT2D eigenvalue weighted by molar-refractivity contribution is 5.68. The zero-order chi connectivity index (χ0) is 9.14. The van der Waals surface area contributed by atoms with Gasteiger partial charge in [-0.2, -0.15) is 0 Å². The van der Waals surface area contributed by atoms with Gasteiger partial charge in [0.1, 0.15) is 6.54 Å². The van der Waals surface area contributed by atoms with Crippen LogP contribution in [0.3, 0.4) is 0 Å². The van der Waals surface area contributed by atoms with Crippen molar-refractivity contribution in [2.24, 2.45) is 7.05 Å². The highest BCUT2D eigenvalue weighted by atomic mass is 16.5. The molecule has 0 saturated heterocycles. The van der Waals surface area contributed by atoms with Crippen molar-refractivity contribution in [3.05, 3.63) is 22.9 Å². The van der Waals surface area contributed by atoms with E-state index in [-0.39, 0.29) is 12.2 Å². The lowest BCUT2D eigenvalue weighted by atomic mass is 10.6. The Kier molecular flexibility index (Phi) is 2.32. The van der Waals surface area contributed by atoms with Gasteiger partial charge in [0.05, 0.1) is 7.11 Å². The molecule has 0 N–H and O–H groups in total. The number of rotatable bonds is 2. The topological polar surface area (TPSA) is 53.2 Å². The number of hydrogen-bond donors (Lipinski definition) is 0. The molecule has 0 saturated carbocycles. The van der Waals surface area contributed by atoms with Gasteiger partial charge in [-0.1, -0.05) is 0 Å². The average molecular weight is 170 g/mol. The molecule has 12 heavy (non-hydrogen) atoms. The molecule has 1 heterocycles. The Morgan fingerprint density at radius 3 is 2.67 bits per heavy atom. The van der Waals surface area contributed by atoms with Crippen LogP contribution >= 0.6 is 0 Å². The summed E-state index contributed by atoms with van der Waals surface area (Å²) in [7, 11) is 2.91. The SMILES string of the molecule is COC(=O)Cn1ccn(C)c1=O. The molecule has 0 bridgehead atoms. The molecule has 0 aliphatic heterocycles. The summed E-state index contributed by atoms with van der Waals surface area (Å²) in [6, 6.07) is 0. The van der Waals surface area contributed by atoms with Gasteiger partial charge in [-0.05, 0) is 0 Å². The number of aryl methyl sites for hydroxylation is 1. The highest BCUT2D eigenvalue weighted by Crippen LogP contribution is 1.84. The predicted molar refractivity (Wildman–Crippen MR) is 41.7 cm³/mol. The largest absolute Gasteiger partial charge is 0.468 e. The summed E-state index contributed by atoms with van der Waals surface area (Å²) in [5.41, 5.74) is -0.222. The van der Waals surface area contributed by atoms with Gasteiger partial charge in [-0.3, -0.25) is 9.36 Å². The van der Waals surface area contributed by atoms with Crippen LogP contribution in [0.5, 0.6) is 0 Å². The summed E-state index contributed by atoms with van der Waals surface area (Å²) in [6.07, 6.45) is 3.13. The first-order valence-electron chi connectivity index (χ1n) is 3.43. The summed E-state index contributed by atoms with van der Waals surface area (Å²) in [5.74, 6) is -0.428. The molecule has 0 fully saturated rings. The van der Waals surface area contributed by atoms with Gasteiger partial charge in [0, 0.05) is 19.4 Å². The van der Waals surface area contributed by atoms with E-state index in [0.29, 0.717) is 0 Å². The van der Waals surface area contributed by atoms with Gasteiger partial charge in [-0.25, -0.2) is 4.79 Å². The normalized spacial score (nSPS) is 9.83. The van der Waals surface area contributed by atoms with Crippen LogP contribution in [0.4, 0.5) is 0 Å². The maximum atomic E-state index is 11.1. The first-order chi connectivity index (χ1) is 5.65. The minimum absolute atomic E-state index is 0.0316. The lowest BCUT2D eigenvalue weighted by Crippen LogP contribution is -2.25. The molecule has 1 aromatic heterocycles. The summed E-state index contributed by atoms with van der Waals surface area (Å²) in [4.78, 5) is 21.9. The number of carbonyl (C=O) groups is 1. The Morgan fingerprint density at radius 2 is 2.25 bits per heavy atom. The van der Waals surface area contributed by atoms with Crippen LogP contribution in [-0.2, 0) is 23.1 Å². The monoisotopic (exact) mass is 170 g/mol. The fraction of sp³-hybridized carbons (Fsp3) is 0.429. The summed E-state index contributed by atoms with van der Waals surface area (Å²) in [6.45, 7) is -0.0316. The molecule has 0 amide bonds. The standard InChI is InChI=1S/C7H10N2O3/c1-8-3-4-9(7(8)11)5-6(10)12-2/h3-4H,5H2,1-2H3. The minimum atomic E-state index is -0.428. The predicted octanol–water partition coefficient (Wildman–Crippen LogP) is -0.640. The van der Waals surface area contributed by atoms with Crippen LogP contribution in [0.2, 0.25) is 0 Å². The number of carbonyl (C=O) groups excluding carboxylic acids is 1. The Bertz CT molecular complexity index is 337. The van der Waals surface area contributed by atoms with Gasteiger partial charge in [0.15, 0.2) is 0 Å². The zero-order valence-corrected chi connectivity index (χ0v) is 6.98. The van der Waals surface area contributed by atoms with Crippen LogP contribution in [0, 0.1) is 0 Å². The summed E-state index contributed by atoms with van der Waals surface area (Å²) >= 11 is 0. The molecule has 66 valence electrons. The first-order valence-corrected chi connectivity index (χ1v) is 3.43. The molecule has 0 aromatic carbocycles. The molecule has 1 aromatic rings. The van der Waals surface area contributed by atoms with E-state index in [1.807, 2.05) is 0 Å². The fourth-order valence-electron chi connectivity index (χ4n) is 0.835. The molecule has 0 unspecified atom stereocenters. The van der Waals surface area contributed by atoms with Crippen molar-refractivity contribution in [3.8, 4) is 0 Å². The Hall–Kier alpha value is -1.52. The molecule has 0 spiro atoms. The van der Waals surface area contributed by atoms with E-state index >= 15 is 0 Å². The number of methoxy groups -OCH3 is 1. The van der Waals surface area contributed by atoms with Gasteiger partial charge >= 0.3 is 11.7 Å². The number of hydrogen-bond acceptors (Lipinski definition) is 3. The van der Waals surface area contributed by atoms with E-state index in [1.54, 1.807) is 19.4 Å². The Labute approximate surface area is 69.2 Å². The number of aromatic nitrogens is 2. The van der Waals surface area contributed by atoms with Crippen LogP contribution < -0.4 is 5.69 Å². The third-order valence-electron chi connectivity index (χ3n) is 1.54. The molecular formula is C7H10N2O3. The molecule has 5 nitrogen and oxygen atoms in total. The van der Waals surface area contributed by atoms with Gasteiger partial charge < -0.3 is 9.30 Å². The first kappa shape index (κ1) is 8.58. The molecule has 0 aliphatic carbocycles. The maximum Gasteiger partial charge on any atom is 0.328 e. The van der Waals surface area contributed by atoms with Crippen LogP contribution in [-0.4, -0.2) is 22.2 Å². The molecule has 1 rings (SSSR count). The van der Waals surface area contributed by atoms with E-state index in [2.05, 4.69) is 4.74 Å². The van der Waals surface area contributed by atoms with Crippen LogP contribution in [0.1, 0.15) is 0 Å². The van der Waals surface area contributed by atoms with E-state index in [4.69, 9.17) is 0 Å². The molecule has 5 heteroatoms. The number of ether oxygens (including phenoxy) is 1. The summed E-state index contributed by atoms with van der Waals surface area (Å²) < 4.78 is 7.09. The van der Waals surface area contributed by atoms with Gasteiger partial charge in [-0.15, -0.1) is 0 Å². The number of esters is 1. The smallest absolute Gasteiger partial charge is 0.328 e. The molecular weight excluding hydrogens is 160 g/mol. The third kappa shape index (κ3) is 1.55. The zero-order valence-electron chi connectivity index (χ0n) is 6.98. The Balaban J connectivity index is 2.83. The second kappa shape index (κ2) is 3.25. The maximum absolute atomic E-state index is 11.1. The quantitative estimate of drug-likeness (QED) is 0.555. The molecule has 0 radical (unpaired) electrons. The van der Waals surface area contributed by atoms with Crippen molar-refractivity contribution < 1.29 is 9.53 Å². The van der Waals surface area contributed by atoms with Gasteiger partial charge in [0.25, 0.3) is 0 Å². The fourth-order valence-corrected chi connectivity index (χ4v) is 0.835.